The minimum Gasteiger partial charge on any atom is -0.467 e. The van der Waals surface area contributed by atoms with Crippen molar-refractivity contribution in [1.82, 2.24) is 0 Å². The van der Waals surface area contributed by atoms with Gasteiger partial charge >= 0.3 is 5.97 Å². The molecule has 158 valence electrons. The third kappa shape index (κ3) is 7.27. The molecule has 0 aromatic heterocycles. The van der Waals surface area contributed by atoms with Gasteiger partial charge in [0.1, 0.15) is 6.10 Å². The van der Waals surface area contributed by atoms with E-state index in [9.17, 15) is 20.2 Å². The van der Waals surface area contributed by atoms with Crippen LogP contribution < -0.4 is 0 Å². The maximum absolute atomic E-state index is 11.5. The molecule has 28 heavy (non-hydrogen) atoms. The summed E-state index contributed by atoms with van der Waals surface area (Å²) >= 11 is 0. The topological polar surface area (TPSA) is 99.4 Å². The van der Waals surface area contributed by atoms with Crippen LogP contribution in [0.15, 0.2) is 35.2 Å². The van der Waals surface area contributed by atoms with Crippen molar-refractivity contribution < 1.29 is 25.0 Å². The van der Waals surface area contributed by atoms with Crippen LogP contribution in [0.3, 0.4) is 0 Å². The lowest BCUT2D eigenvalue weighted by molar-refractivity contribution is -0.168. The number of hydrogen-bond donors (Lipinski definition) is 3. The molecule has 0 radical (unpaired) electrons. The Labute approximate surface area is 168 Å². The van der Waals surface area contributed by atoms with Gasteiger partial charge in [-0.3, -0.25) is 0 Å². The van der Waals surface area contributed by atoms with Crippen LogP contribution >= 0.6 is 0 Å². The summed E-state index contributed by atoms with van der Waals surface area (Å²) in [5.74, 6) is -0.498. The molecule has 1 aliphatic rings. The first-order chi connectivity index (χ1) is 13.4. The second kappa shape index (κ2) is 12.6. The fourth-order valence-electron chi connectivity index (χ4n) is 3.42. The number of allylic oxidation sites excluding steroid dienone is 2. The van der Waals surface area contributed by atoms with E-state index in [1.54, 1.807) is 6.08 Å². The predicted octanol–water partition coefficient (Wildman–Crippen LogP) is 3.76. The number of esters is 1. The molecule has 6 heteroatoms. The molecule has 0 saturated heterocycles. The number of ether oxygens (including phenoxy) is 1. The molecule has 3 N–H and O–H groups in total. The SMILES string of the molecule is CCCCCCC=C[C@H]1CCC(=NO)[C@@H]1CC=C=CC(O)C(C)(O)C(=O)OC. The Kier molecular flexibility index (Phi) is 10.8. The van der Waals surface area contributed by atoms with Crippen molar-refractivity contribution in [2.75, 3.05) is 7.11 Å². The fraction of sp³-hybridized carbons (Fsp3) is 0.682. The Hall–Kier alpha value is -1.88. The zero-order valence-electron chi connectivity index (χ0n) is 17.3. The second-order valence-electron chi connectivity index (χ2n) is 7.53. The van der Waals surface area contributed by atoms with Gasteiger partial charge in [0.05, 0.1) is 12.8 Å². The number of methoxy groups -OCH3 is 1. The quantitative estimate of drug-likeness (QED) is 0.124. The molecule has 1 rings (SSSR count). The molecule has 0 aromatic rings. The van der Waals surface area contributed by atoms with Crippen LogP contribution in [-0.2, 0) is 9.53 Å². The number of oxime groups is 1. The largest absolute Gasteiger partial charge is 0.467 e. The molecular weight excluding hydrogens is 358 g/mol. The highest BCUT2D eigenvalue weighted by Crippen LogP contribution is 2.33. The normalized spacial score (nSPS) is 24.0. The number of nitrogens with zero attached hydrogens (tertiary/aromatic N) is 1. The van der Waals surface area contributed by atoms with Crippen molar-refractivity contribution >= 4 is 11.7 Å². The first kappa shape index (κ1) is 24.2. The molecule has 4 atom stereocenters. The van der Waals surface area contributed by atoms with Gasteiger partial charge in [-0.2, -0.15) is 0 Å². The van der Waals surface area contributed by atoms with Crippen LogP contribution in [-0.4, -0.2) is 45.9 Å². The standard InChI is InChI=1S/C22H35NO5/c1-4-5-6-7-8-9-12-17-15-16-19(23-27)18(17)13-10-11-14-20(24)22(2,26)21(25)28-3/h9-10,12,14,17-18,20,24,26-27H,4-8,13,15-16H2,1-3H3/t11?,17-,18+,20?,22?/m0/s1. The number of aliphatic hydroxyl groups is 2. The zero-order chi connectivity index (χ0) is 21.0. The Balaban J connectivity index is 2.65. The highest BCUT2D eigenvalue weighted by atomic mass is 16.5. The molecule has 0 aromatic carbocycles. The maximum atomic E-state index is 11.5. The number of rotatable bonds is 11. The van der Waals surface area contributed by atoms with E-state index >= 15 is 0 Å². The van der Waals surface area contributed by atoms with Crippen LogP contribution in [0.2, 0.25) is 0 Å². The van der Waals surface area contributed by atoms with Crippen LogP contribution in [0.1, 0.15) is 65.2 Å². The zero-order valence-corrected chi connectivity index (χ0v) is 17.3. The Bertz CT molecular complexity index is 602. The van der Waals surface area contributed by atoms with E-state index in [2.05, 4.69) is 34.7 Å². The van der Waals surface area contributed by atoms with Gasteiger partial charge in [0, 0.05) is 5.92 Å². The third-order valence-electron chi connectivity index (χ3n) is 5.33. The summed E-state index contributed by atoms with van der Waals surface area (Å²) in [5.41, 5.74) is 1.58. The van der Waals surface area contributed by atoms with Crippen molar-refractivity contribution in [1.29, 1.82) is 0 Å². The Morgan fingerprint density at radius 3 is 2.82 bits per heavy atom. The second-order valence-corrected chi connectivity index (χ2v) is 7.53. The van der Waals surface area contributed by atoms with Crippen LogP contribution in [0.5, 0.6) is 0 Å². The minimum atomic E-state index is -2.02. The van der Waals surface area contributed by atoms with Gasteiger partial charge in [0.25, 0.3) is 0 Å². The van der Waals surface area contributed by atoms with Crippen molar-refractivity contribution in [3.8, 4) is 0 Å². The van der Waals surface area contributed by atoms with E-state index in [1.165, 1.54) is 38.7 Å². The number of aliphatic hydroxyl groups excluding tert-OH is 1. The van der Waals surface area contributed by atoms with Crippen molar-refractivity contribution in [2.45, 2.75) is 76.9 Å². The molecule has 1 aliphatic carbocycles. The van der Waals surface area contributed by atoms with Crippen LogP contribution in [0.25, 0.3) is 0 Å². The minimum absolute atomic E-state index is 0.0936. The predicted molar refractivity (Wildman–Crippen MR) is 109 cm³/mol. The first-order valence-electron chi connectivity index (χ1n) is 10.2. The highest BCUT2D eigenvalue weighted by Gasteiger charge is 2.38. The van der Waals surface area contributed by atoms with E-state index in [-0.39, 0.29) is 5.92 Å². The molecule has 1 saturated carbocycles. The van der Waals surface area contributed by atoms with Gasteiger partial charge in [0.2, 0.25) is 0 Å². The summed E-state index contributed by atoms with van der Waals surface area (Å²) in [6.45, 7) is 3.39. The number of carbonyl (C=O) groups is 1. The van der Waals surface area contributed by atoms with Gasteiger partial charge in [-0.05, 0) is 57.1 Å². The van der Waals surface area contributed by atoms with Gasteiger partial charge in [-0.25, -0.2) is 4.79 Å². The molecule has 0 aliphatic heterocycles. The van der Waals surface area contributed by atoms with E-state index in [1.807, 2.05) is 0 Å². The smallest absolute Gasteiger partial charge is 0.340 e. The average molecular weight is 394 g/mol. The lowest BCUT2D eigenvalue weighted by atomic mass is 9.91. The number of unbranched alkanes of at least 4 members (excludes halogenated alkanes) is 4. The van der Waals surface area contributed by atoms with Crippen molar-refractivity contribution in [2.24, 2.45) is 17.0 Å². The molecule has 6 nitrogen and oxygen atoms in total. The summed E-state index contributed by atoms with van der Waals surface area (Å²) < 4.78 is 4.48. The van der Waals surface area contributed by atoms with E-state index in [0.29, 0.717) is 12.3 Å². The summed E-state index contributed by atoms with van der Waals surface area (Å²) in [5, 5.41) is 32.7. The number of hydrogen-bond acceptors (Lipinski definition) is 6. The molecule has 1 fully saturated rings. The molecule has 2 unspecified atom stereocenters. The van der Waals surface area contributed by atoms with Crippen molar-refractivity contribution in [3.05, 3.63) is 30.0 Å². The molecule has 0 amide bonds. The lowest BCUT2D eigenvalue weighted by Gasteiger charge is -2.23. The molecular formula is C22H35NO5. The number of carbonyl (C=O) groups excluding carboxylic acids is 1. The van der Waals surface area contributed by atoms with Gasteiger partial charge in [-0.1, -0.05) is 43.5 Å². The summed E-state index contributed by atoms with van der Waals surface area (Å²) in [4.78, 5) is 11.5. The Morgan fingerprint density at radius 1 is 1.43 bits per heavy atom. The summed E-state index contributed by atoms with van der Waals surface area (Å²) in [7, 11) is 1.15. The van der Waals surface area contributed by atoms with Gasteiger partial charge in [0.15, 0.2) is 5.60 Å². The van der Waals surface area contributed by atoms with Crippen LogP contribution in [0.4, 0.5) is 0 Å². The molecule has 0 heterocycles. The van der Waals surface area contributed by atoms with Gasteiger partial charge < -0.3 is 20.2 Å². The molecule has 0 spiro atoms. The van der Waals surface area contributed by atoms with E-state index < -0.39 is 17.7 Å². The maximum Gasteiger partial charge on any atom is 0.340 e. The van der Waals surface area contributed by atoms with E-state index in [4.69, 9.17) is 0 Å². The average Bonchev–Trinajstić information content (AvgIpc) is 3.08. The Morgan fingerprint density at radius 2 is 2.18 bits per heavy atom. The van der Waals surface area contributed by atoms with Gasteiger partial charge in [-0.15, -0.1) is 5.73 Å². The summed E-state index contributed by atoms with van der Waals surface area (Å²) in [6.07, 6.45) is 14.3. The highest BCUT2D eigenvalue weighted by molar-refractivity contribution is 5.88. The fourth-order valence-corrected chi connectivity index (χ4v) is 3.42. The third-order valence-corrected chi connectivity index (χ3v) is 5.33. The summed E-state index contributed by atoms with van der Waals surface area (Å²) in [6, 6.07) is 0. The monoisotopic (exact) mass is 393 g/mol. The van der Waals surface area contributed by atoms with E-state index in [0.717, 1.165) is 32.1 Å². The first-order valence-corrected chi connectivity index (χ1v) is 10.2. The lowest BCUT2D eigenvalue weighted by Crippen LogP contribution is -2.46. The van der Waals surface area contributed by atoms with Crippen LogP contribution in [0, 0.1) is 11.8 Å². The molecule has 0 bridgehead atoms. The van der Waals surface area contributed by atoms with Crippen molar-refractivity contribution in [3.63, 3.8) is 0 Å².